The predicted octanol–water partition coefficient (Wildman–Crippen LogP) is 3.31. The molecule has 72 valence electrons. The van der Waals surface area contributed by atoms with E-state index in [2.05, 4.69) is 20.9 Å². The van der Waals surface area contributed by atoms with Crippen molar-refractivity contribution in [2.45, 2.75) is 13.1 Å². The lowest BCUT2D eigenvalue weighted by atomic mass is 10.2. The Morgan fingerprint density at radius 3 is 2.38 bits per heavy atom. The molecule has 0 bridgehead atoms. The molecule has 1 rings (SSSR count). The summed E-state index contributed by atoms with van der Waals surface area (Å²) in [4.78, 5) is 3.49. The molecule has 0 spiro atoms. The van der Waals surface area contributed by atoms with Gasteiger partial charge in [-0.05, 0) is 28.9 Å². The quantitative estimate of drug-likeness (QED) is 0.513. The number of hydrogen-bond donors (Lipinski definition) is 0. The van der Waals surface area contributed by atoms with E-state index < -0.39 is 17.6 Å². The van der Waals surface area contributed by atoms with Crippen molar-refractivity contribution in [3.05, 3.63) is 27.7 Å². The van der Waals surface area contributed by atoms with Gasteiger partial charge in [0.25, 0.3) is 0 Å². The molecule has 0 unspecified atom stereocenters. The second kappa shape index (κ2) is 3.25. The van der Waals surface area contributed by atoms with E-state index in [1.807, 2.05) is 0 Å². The van der Waals surface area contributed by atoms with Crippen LogP contribution >= 0.6 is 15.9 Å². The summed E-state index contributed by atoms with van der Waals surface area (Å²) in [6, 6.07) is 0.613. The minimum Gasteiger partial charge on any atom is -0.243 e. The zero-order valence-corrected chi connectivity index (χ0v) is 8.00. The summed E-state index contributed by atoms with van der Waals surface area (Å²) in [7, 11) is 0. The van der Waals surface area contributed by atoms with Crippen LogP contribution in [-0.4, -0.2) is 4.98 Å². The number of aryl methyl sites for hydroxylation is 1. The van der Waals surface area contributed by atoms with Crippen LogP contribution in [0.3, 0.4) is 0 Å². The van der Waals surface area contributed by atoms with E-state index in [0.717, 1.165) is 0 Å². The number of nitrogens with zero attached hydrogens (tertiary/aromatic N) is 1. The van der Waals surface area contributed by atoms with Crippen LogP contribution in [0.15, 0.2) is 10.7 Å². The van der Waals surface area contributed by atoms with Crippen molar-refractivity contribution >= 4 is 15.9 Å². The van der Waals surface area contributed by atoms with Gasteiger partial charge in [0.1, 0.15) is 4.60 Å². The molecule has 13 heavy (non-hydrogen) atoms. The van der Waals surface area contributed by atoms with Gasteiger partial charge < -0.3 is 0 Å². The second-order valence-corrected chi connectivity index (χ2v) is 3.20. The number of aromatic nitrogens is 1. The van der Waals surface area contributed by atoms with Crippen LogP contribution in [0.1, 0.15) is 11.3 Å². The molecule has 1 heterocycles. The predicted molar refractivity (Wildman–Crippen MR) is 41.6 cm³/mol. The lowest BCUT2D eigenvalue weighted by Crippen LogP contribution is -2.10. The third-order valence-corrected chi connectivity index (χ3v) is 1.80. The standard InChI is InChI=1S/C7H4BrF4N/c1-3-6(9)4(7(10,11)12)2-5(8)13-3/h2H,1H3. The molecule has 0 saturated carbocycles. The monoisotopic (exact) mass is 257 g/mol. The molecule has 6 heteroatoms. The van der Waals surface area contributed by atoms with Gasteiger partial charge in [0.05, 0.1) is 11.3 Å². The van der Waals surface area contributed by atoms with E-state index in [1.54, 1.807) is 0 Å². The molecule has 0 atom stereocenters. The normalized spacial score (nSPS) is 11.8. The van der Waals surface area contributed by atoms with Crippen molar-refractivity contribution in [3.63, 3.8) is 0 Å². The van der Waals surface area contributed by atoms with Crippen LogP contribution in [0.5, 0.6) is 0 Å². The van der Waals surface area contributed by atoms with Crippen molar-refractivity contribution < 1.29 is 17.6 Å². The molecule has 0 N–H and O–H groups in total. The number of rotatable bonds is 0. The van der Waals surface area contributed by atoms with E-state index in [9.17, 15) is 17.6 Å². The van der Waals surface area contributed by atoms with Crippen molar-refractivity contribution in [2.24, 2.45) is 0 Å². The van der Waals surface area contributed by atoms with Crippen LogP contribution < -0.4 is 0 Å². The topological polar surface area (TPSA) is 12.9 Å². The highest BCUT2D eigenvalue weighted by atomic mass is 79.9. The third kappa shape index (κ3) is 2.18. The number of halogens is 5. The second-order valence-electron chi connectivity index (χ2n) is 2.39. The maximum Gasteiger partial charge on any atom is 0.419 e. The first kappa shape index (κ1) is 10.4. The molecule has 1 aromatic heterocycles. The van der Waals surface area contributed by atoms with E-state index in [-0.39, 0.29) is 10.3 Å². The number of alkyl halides is 3. The van der Waals surface area contributed by atoms with Gasteiger partial charge in [0.15, 0.2) is 5.82 Å². The van der Waals surface area contributed by atoms with Crippen molar-refractivity contribution in [1.82, 2.24) is 4.98 Å². The van der Waals surface area contributed by atoms with Gasteiger partial charge in [-0.15, -0.1) is 0 Å². The first-order valence-corrected chi connectivity index (χ1v) is 4.01. The summed E-state index contributed by atoms with van der Waals surface area (Å²) in [5.41, 5.74) is -1.58. The fraction of sp³-hybridized carbons (Fsp3) is 0.286. The Bertz CT molecular complexity index is 334. The SMILES string of the molecule is Cc1nc(Br)cc(C(F)(F)F)c1F. The fourth-order valence-corrected chi connectivity index (χ4v) is 1.32. The molecular formula is C7H4BrF4N. The van der Waals surface area contributed by atoms with E-state index in [4.69, 9.17) is 0 Å². The maximum atomic E-state index is 12.9. The van der Waals surface area contributed by atoms with Crippen molar-refractivity contribution in [2.75, 3.05) is 0 Å². The summed E-state index contributed by atoms with van der Waals surface area (Å²) in [6.07, 6.45) is -4.68. The first-order valence-electron chi connectivity index (χ1n) is 3.22. The highest BCUT2D eigenvalue weighted by Gasteiger charge is 2.35. The molecule has 0 aliphatic heterocycles. The molecule has 0 fully saturated rings. The van der Waals surface area contributed by atoms with E-state index >= 15 is 0 Å². The smallest absolute Gasteiger partial charge is 0.243 e. The van der Waals surface area contributed by atoms with Gasteiger partial charge >= 0.3 is 6.18 Å². The first-order chi connectivity index (χ1) is 5.82. The molecule has 0 saturated heterocycles. The number of pyridine rings is 1. The van der Waals surface area contributed by atoms with E-state index in [1.165, 1.54) is 6.92 Å². The lowest BCUT2D eigenvalue weighted by Gasteiger charge is -2.09. The molecule has 0 aliphatic carbocycles. The average molecular weight is 258 g/mol. The molecule has 1 nitrogen and oxygen atoms in total. The lowest BCUT2D eigenvalue weighted by molar-refractivity contribution is -0.140. The minimum absolute atomic E-state index is 0.0290. The zero-order chi connectivity index (χ0) is 10.2. The average Bonchev–Trinajstić information content (AvgIpc) is 1.94. The van der Waals surface area contributed by atoms with Crippen LogP contribution in [0.4, 0.5) is 17.6 Å². The summed E-state index contributed by atoms with van der Waals surface area (Å²) in [5, 5.41) is 0. The Morgan fingerprint density at radius 1 is 1.38 bits per heavy atom. The van der Waals surface area contributed by atoms with E-state index in [0.29, 0.717) is 6.07 Å². The molecule has 0 aromatic carbocycles. The van der Waals surface area contributed by atoms with Crippen LogP contribution in [0.2, 0.25) is 0 Å². The number of hydrogen-bond acceptors (Lipinski definition) is 1. The van der Waals surface area contributed by atoms with Crippen LogP contribution in [0.25, 0.3) is 0 Å². The highest BCUT2D eigenvalue weighted by molar-refractivity contribution is 9.10. The molecular weight excluding hydrogens is 254 g/mol. The highest BCUT2D eigenvalue weighted by Crippen LogP contribution is 2.33. The van der Waals surface area contributed by atoms with Gasteiger partial charge in [-0.2, -0.15) is 13.2 Å². The summed E-state index contributed by atoms with van der Waals surface area (Å²) < 4.78 is 49.2. The fourth-order valence-electron chi connectivity index (χ4n) is 0.825. The Kier molecular flexibility index (Phi) is 2.61. The maximum absolute atomic E-state index is 12.9. The summed E-state index contributed by atoms with van der Waals surface area (Å²) in [5.74, 6) is -1.32. The van der Waals surface area contributed by atoms with Gasteiger partial charge in [-0.1, -0.05) is 0 Å². The Labute approximate surface area is 79.9 Å². The summed E-state index contributed by atoms with van der Waals surface area (Å²) >= 11 is 2.76. The molecule has 0 radical (unpaired) electrons. The van der Waals surface area contributed by atoms with Crippen LogP contribution in [-0.2, 0) is 6.18 Å². The Hall–Kier alpha value is -0.650. The molecule has 0 amide bonds. The van der Waals surface area contributed by atoms with Crippen molar-refractivity contribution in [3.8, 4) is 0 Å². The molecule has 1 aromatic rings. The Balaban J connectivity index is 3.37. The van der Waals surface area contributed by atoms with Gasteiger partial charge in [-0.25, -0.2) is 9.37 Å². The minimum atomic E-state index is -4.68. The van der Waals surface area contributed by atoms with Gasteiger partial charge in [0.2, 0.25) is 0 Å². The van der Waals surface area contributed by atoms with Gasteiger partial charge in [-0.3, -0.25) is 0 Å². The Morgan fingerprint density at radius 2 is 1.92 bits per heavy atom. The largest absolute Gasteiger partial charge is 0.419 e. The van der Waals surface area contributed by atoms with Crippen molar-refractivity contribution in [1.29, 1.82) is 0 Å². The van der Waals surface area contributed by atoms with Crippen LogP contribution in [0, 0.1) is 12.7 Å². The summed E-state index contributed by atoms with van der Waals surface area (Å²) in [6.45, 7) is 1.18. The molecule has 0 aliphatic rings. The third-order valence-electron chi connectivity index (χ3n) is 1.40. The van der Waals surface area contributed by atoms with Gasteiger partial charge in [0, 0.05) is 0 Å². The zero-order valence-electron chi connectivity index (χ0n) is 6.41.